The molecule has 6 heteroatoms. The van der Waals surface area contributed by atoms with Crippen molar-refractivity contribution in [1.29, 1.82) is 0 Å². The second-order valence-electron chi connectivity index (χ2n) is 4.89. The van der Waals surface area contributed by atoms with Gasteiger partial charge in [0, 0.05) is 45.6 Å². The first-order valence-electron chi connectivity index (χ1n) is 7.34. The van der Waals surface area contributed by atoms with E-state index >= 15 is 0 Å². The Morgan fingerprint density at radius 2 is 2.00 bits per heavy atom. The van der Waals surface area contributed by atoms with E-state index in [1.807, 2.05) is 6.07 Å². The molecule has 0 aromatic carbocycles. The summed E-state index contributed by atoms with van der Waals surface area (Å²) < 4.78 is 11.0. The second-order valence-corrected chi connectivity index (χ2v) is 5.89. The summed E-state index contributed by atoms with van der Waals surface area (Å²) in [5.41, 5.74) is 0.235. The zero-order valence-electron chi connectivity index (χ0n) is 13.3. The zero-order valence-corrected chi connectivity index (χ0v) is 14.1. The molecule has 0 amide bonds. The fourth-order valence-electron chi connectivity index (χ4n) is 1.93. The maximum Gasteiger partial charge on any atom is 0.130 e. The number of rotatable bonds is 12. The summed E-state index contributed by atoms with van der Waals surface area (Å²) in [7, 11) is 3.89. The molecule has 0 spiro atoms. The third kappa shape index (κ3) is 9.03. The van der Waals surface area contributed by atoms with Crippen molar-refractivity contribution < 1.29 is 9.47 Å². The van der Waals surface area contributed by atoms with Gasteiger partial charge in [0.15, 0.2) is 0 Å². The average Bonchev–Trinajstić information content (AvgIpc) is 2.52. The zero-order chi connectivity index (χ0) is 15.3. The average molecular weight is 313 g/mol. The third-order valence-corrected chi connectivity index (χ3v) is 4.04. The minimum atomic E-state index is 0.235. The molecule has 1 unspecified atom stereocenters. The molecule has 1 heterocycles. The van der Waals surface area contributed by atoms with E-state index in [-0.39, 0.29) is 5.44 Å². The van der Waals surface area contributed by atoms with Crippen molar-refractivity contribution in [2.24, 2.45) is 0 Å². The molecular weight excluding hydrogens is 286 g/mol. The molecule has 0 saturated carbocycles. The Morgan fingerprint density at radius 1 is 1.24 bits per heavy atom. The summed E-state index contributed by atoms with van der Waals surface area (Å²) >= 11 is 1.76. The van der Waals surface area contributed by atoms with E-state index in [4.69, 9.17) is 9.47 Å². The summed E-state index contributed by atoms with van der Waals surface area (Å²) in [4.78, 5) is 10.7. The monoisotopic (exact) mass is 313 g/mol. The number of methoxy groups -OCH3 is 1. The number of hydrogen-bond acceptors (Lipinski definition) is 6. The van der Waals surface area contributed by atoms with Crippen LogP contribution in [0.4, 0.5) is 0 Å². The Hall–Kier alpha value is -0.690. The van der Waals surface area contributed by atoms with Crippen molar-refractivity contribution in [3.8, 4) is 0 Å². The van der Waals surface area contributed by atoms with Crippen molar-refractivity contribution in [3.05, 3.63) is 24.3 Å². The van der Waals surface area contributed by atoms with Crippen LogP contribution in [0.15, 0.2) is 18.5 Å². The van der Waals surface area contributed by atoms with Crippen LogP contribution in [-0.4, -0.2) is 67.0 Å². The van der Waals surface area contributed by atoms with Crippen molar-refractivity contribution in [1.82, 2.24) is 14.9 Å². The van der Waals surface area contributed by atoms with Gasteiger partial charge in [0.25, 0.3) is 0 Å². The van der Waals surface area contributed by atoms with Gasteiger partial charge in [-0.1, -0.05) is 0 Å². The highest BCUT2D eigenvalue weighted by Crippen LogP contribution is 2.13. The predicted molar refractivity (Wildman–Crippen MR) is 87.6 cm³/mol. The fraction of sp³-hybridized carbons (Fsp3) is 0.733. The minimum absolute atomic E-state index is 0.235. The van der Waals surface area contributed by atoms with Crippen molar-refractivity contribution >= 4 is 11.8 Å². The van der Waals surface area contributed by atoms with E-state index in [9.17, 15) is 0 Å². The molecule has 5 nitrogen and oxygen atoms in total. The van der Waals surface area contributed by atoms with Crippen LogP contribution >= 0.6 is 11.8 Å². The van der Waals surface area contributed by atoms with Gasteiger partial charge in [-0.05, 0) is 32.2 Å². The molecule has 0 radical (unpaired) electrons. The number of aromatic nitrogens is 2. The molecule has 0 N–H and O–H groups in total. The molecule has 0 aliphatic rings. The minimum Gasteiger partial charge on any atom is -0.385 e. The summed E-state index contributed by atoms with van der Waals surface area (Å²) in [6, 6.07) is 1.83. The van der Waals surface area contributed by atoms with Gasteiger partial charge < -0.3 is 14.4 Å². The van der Waals surface area contributed by atoms with Crippen molar-refractivity contribution in [3.63, 3.8) is 0 Å². The highest BCUT2D eigenvalue weighted by Gasteiger charge is 2.09. The molecule has 0 fully saturated rings. The van der Waals surface area contributed by atoms with E-state index in [2.05, 4.69) is 28.2 Å². The Kier molecular flexibility index (Phi) is 10.4. The standard InChI is InChI=1S/C15H27N3O2S/c1-18(10-5-12-19-2)11-6-15(21-3)20-13-7-14-16-8-4-9-17-14/h4,8-9,15H,5-7,10-13H2,1-3H3. The lowest BCUT2D eigenvalue weighted by atomic mass is 10.3. The first-order chi connectivity index (χ1) is 10.3. The molecule has 120 valence electrons. The van der Waals surface area contributed by atoms with Crippen LogP contribution in [-0.2, 0) is 15.9 Å². The Bertz CT molecular complexity index is 354. The summed E-state index contributed by atoms with van der Waals surface area (Å²) in [5.74, 6) is 0.842. The fourth-order valence-corrected chi connectivity index (χ4v) is 2.50. The normalized spacial score (nSPS) is 12.8. The maximum atomic E-state index is 5.90. The molecule has 0 saturated heterocycles. The van der Waals surface area contributed by atoms with E-state index in [0.717, 1.165) is 44.8 Å². The summed E-state index contributed by atoms with van der Waals surface area (Å²) in [5, 5.41) is 0. The molecular formula is C15H27N3O2S. The van der Waals surface area contributed by atoms with Crippen LogP contribution in [0.5, 0.6) is 0 Å². The molecule has 1 rings (SSSR count). The van der Waals surface area contributed by atoms with Gasteiger partial charge in [0.1, 0.15) is 11.3 Å². The van der Waals surface area contributed by atoms with Crippen molar-refractivity contribution in [2.75, 3.05) is 46.7 Å². The number of nitrogens with zero attached hydrogens (tertiary/aromatic N) is 3. The molecule has 0 aliphatic carbocycles. The SMILES string of the molecule is COCCCN(C)CCC(OCCc1ncccn1)SC. The molecule has 1 aromatic heterocycles. The van der Waals surface area contributed by atoms with Gasteiger partial charge in [-0.3, -0.25) is 0 Å². The molecule has 0 bridgehead atoms. The van der Waals surface area contributed by atoms with E-state index in [1.54, 1.807) is 31.3 Å². The highest BCUT2D eigenvalue weighted by atomic mass is 32.2. The predicted octanol–water partition coefficient (Wildman–Crippen LogP) is 2.08. The Balaban J connectivity index is 2.13. The van der Waals surface area contributed by atoms with E-state index in [0.29, 0.717) is 6.61 Å². The summed E-state index contributed by atoms with van der Waals surface area (Å²) in [6.07, 6.45) is 8.49. The van der Waals surface area contributed by atoms with Gasteiger partial charge in [-0.25, -0.2) is 9.97 Å². The molecule has 1 aromatic rings. The number of ether oxygens (including phenoxy) is 2. The lowest BCUT2D eigenvalue weighted by Crippen LogP contribution is -2.25. The van der Waals surface area contributed by atoms with Crippen LogP contribution in [0.2, 0.25) is 0 Å². The van der Waals surface area contributed by atoms with Crippen LogP contribution in [0.1, 0.15) is 18.7 Å². The van der Waals surface area contributed by atoms with Crippen LogP contribution in [0.3, 0.4) is 0 Å². The van der Waals surface area contributed by atoms with E-state index < -0.39 is 0 Å². The molecule has 1 atom stereocenters. The third-order valence-electron chi connectivity index (χ3n) is 3.15. The van der Waals surface area contributed by atoms with Gasteiger partial charge in [-0.15, -0.1) is 11.8 Å². The van der Waals surface area contributed by atoms with Crippen molar-refractivity contribution in [2.45, 2.75) is 24.7 Å². The number of thioether (sulfide) groups is 1. The largest absolute Gasteiger partial charge is 0.385 e. The van der Waals surface area contributed by atoms with Gasteiger partial charge in [0.2, 0.25) is 0 Å². The highest BCUT2D eigenvalue weighted by molar-refractivity contribution is 7.99. The Morgan fingerprint density at radius 3 is 2.67 bits per heavy atom. The number of hydrogen-bond donors (Lipinski definition) is 0. The van der Waals surface area contributed by atoms with E-state index in [1.165, 1.54) is 0 Å². The lowest BCUT2D eigenvalue weighted by Gasteiger charge is -2.20. The van der Waals surface area contributed by atoms with Crippen LogP contribution in [0, 0.1) is 0 Å². The van der Waals surface area contributed by atoms with Gasteiger partial charge in [0.05, 0.1) is 6.61 Å². The second kappa shape index (κ2) is 11.9. The lowest BCUT2D eigenvalue weighted by molar-refractivity contribution is 0.0997. The maximum absolute atomic E-state index is 5.90. The topological polar surface area (TPSA) is 47.5 Å². The van der Waals surface area contributed by atoms with Crippen LogP contribution < -0.4 is 0 Å². The molecule has 21 heavy (non-hydrogen) atoms. The first kappa shape index (κ1) is 18.4. The van der Waals surface area contributed by atoms with Crippen LogP contribution in [0.25, 0.3) is 0 Å². The summed E-state index contributed by atoms with van der Waals surface area (Å²) in [6.45, 7) is 3.59. The van der Waals surface area contributed by atoms with Gasteiger partial charge in [-0.2, -0.15) is 0 Å². The Labute approximate surface area is 132 Å². The van der Waals surface area contributed by atoms with Gasteiger partial charge >= 0.3 is 0 Å². The quantitative estimate of drug-likeness (QED) is 0.435. The first-order valence-corrected chi connectivity index (χ1v) is 8.62. The smallest absolute Gasteiger partial charge is 0.130 e. The molecule has 0 aliphatic heterocycles.